The van der Waals surface area contributed by atoms with E-state index in [4.69, 9.17) is 5.73 Å². The van der Waals surface area contributed by atoms with Gasteiger partial charge >= 0.3 is 0 Å². The van der Waals surface area contributed by atoms with E-state index in [9.17, 15) is 0 Å². The van der Waals surface area contributed by atoms with Crippen LogP contribution in [0.15, 0.2) is 6.20 Å². The molecule has 0 saturated carbocycles. The monoisotopic (exact) mass is 252 g/mol. The summed E-state index contributed by atoms with van der Waals surface area (Å²) < 4.78 is 0. The van der Waals surface area contributed by atoms with Crippen LogP contribution in [-0.4, -0.2) is 36.1 Å². The number of likely N-dealkylation sites (tertiary alicyclic amines) is 1. The fraction of sp³-hybridized carbons (Fsp3) is 0.750. The van der Waals surface area contributed by atoms with Crippen LogP contribution < -0.4 is 11.1 Å². The lowest BCUT2D eigenvalue weighted by Gasteiger charge is -2.33. The molecule has 2 aliphatic rings. The molecule has 3 rings (SSSR count). The number of hydrogen-bond donors (Lipinski definition) is 2. The van der Waals surface area contributed by atoms with Crippen LogP contribution in [0.25, 0.3) is 0 Å². The van der Waals surface area contributed by atoms with Crippen molar-refractivity contribution in [2.45, 2.75) is 25.8 Å². The van der Waals surface area contributed by atoms with Crippen molar-refractivity contribution in [3.8, 4) is 0 Å². The van der Waals surface area contributed by atoms with Crippen LogP contribution in [0.3, 0.4) is 0 Å². The number of aromatic nitrogens is 1. The number of nitrogens with two attached hydrogens (primary N) is 1. The molecule has 0 radical (unpaired) electrons. The number of nitrogens with zero attached hydrogens (tertiary/aromatic N) is 2. The van der Waals surface area contributed by atoms with Crippen molar-refractivity contribution < 1.29 is 0 Å². The van der Waals surface area contributed by atoms with Gasteiger partial charge in [-0.2, -0.15) is 0 Å². The number of hydrogen-bond acceptors (Lipinski definition) is 5. The van der Waals surface area contributed by atoms with Crippen molar-refractivity contribution in [1.82, 2.24) is 15.2 Å². The standard InChI is InChI=1S/C12H20N4S/c13-10-6-15-11(17-10)7-16-5-3-12(9-16)2-1-4-14-8-12/h6,14H,1-5,7-9,13H2. The highest BCUT2D eigenvalue weighted by atomic mass is 32.1. The van der Waals surface area contributed by atoms with Crippen LogP contribution in [0.1, 0.15) is 24.3 Å². The smallest absolute Gasteiger partial charge is 0.109 e. The number of nitrogen functional groups attached to an aromatic ring is 1. The van der Waals surface area contributed by atoms with Gasteiger partial charge in [0.15, 0.2) is 0 Å². The maximum Gasteiger partial charge on any atom is 0.109 e. The van der Waals surface area contributed by atoms with Crippen LogP contribution in [-0.2, 0) is 6.54 Å². The lowest BCUT2D eigenvalue weighted by atomic mass is 9.80. The minimum Gasteiger partial charge on any atom is -0.389 e. The van der Waals surface area contributed by atoms with Gasteiger partial charge in [-0.25, -0.2) is 4.98 Å². The van der Waals surface area contributed by atoms with E-state index < -0.39 is 0 Å². The zero-order valence-corrected chi connectivity index (χ0v) is 10.9. The van der Waals surface area contributed by atoms with Gasteiger partial charge in [-0.05, 0) is 37.8 Å². The average Bonchev–Trinajstić information content (AvgIpc) is 2.89. The Balaban J connectivity index is 1.60. The fourth-order valence-electron chi connectivity index (χ4n) is 3.13. The first-order valence-electron chi connectivity index (χ1n) is 6.39. The summed E-state index contributed by atoms with van der Waals surface area (Å²) in [4.78, 5) is 6.88. The second-order valence-corrected chi connectivity index (χ2v) is 6.54. The highest BCUT2D eigenvalue weighted by molar-refractivity contribution is 7.15. The molecular formula is C12H20N4S. The Bertz CT molecular complexity index is 384. The van der Waals surface area contributed by atoms with Crippen molar-refractivity contribution in [3.63, 3.8) is 0 Å². The molecule has 17 heavy (non-hydrogen) atoms. The number of rotatable bonds is 2. The van der Waals surface area contributed by atoms with Crippen molar-refractivity contribution in [3.05, 3.63) is 11.2 Å². The Labute approximate surface area is 106 Å². The predicted octanol–water partition coefficient (Wildman–Crippen LogP) is 1.30. The van der Waals surface area contributed by atoms with Crippen molar-refractivity contribution in [2.75, 3.05) is 31.9 Å². The molecule has 2 aliphatic heterocycles. The van der Waals surface area contributed by atoms with Crippen LogP contribution in [0.2, 0.25) is 0 Å². The summed E-state index contributed by atoms with van der Waals surface area (Å²) in [5.74, 6) is 0. The highest BCUT2D eigenvalue weighted by Gasteiger charge is 2.38. The van der Waals surface area contributed by atoms with Gasteiger partial charge in [-0.1, -0.05) is 0 Å². The minimum absolute atomic E-state index is 0.543. The van der Waals surface area contributed by atoms with Crippen LogP contribution >= 0.6 is 11.3 Å². The number of anilines is 1. The second-order valence-electron chi connectivity index (χ2n) is 5.40. The number of piperidine rings is 1. The van der Waals surface area contributed by atoms with E-state index in [1.807, 2.05) is 0 Å². The van der Waals surface area contributed by atoms with E-state index in [0.717, 1.165) is 16.6 Å². The maximum absolute atomic E-state index is 5.72. The molecular weight excluding hydrogens is 232 g/mol. The van der Waals surface area contributed by atoms with Gasteiger partial charge in [0, 0.05) is 13.1 Å². The lowest BCUT2D eigenvalue weighted by Crippen LogP contribution is -2.41. The van der Waals surface area contributed by atoms with Gasteiger partial charge in [0.2, 0.25) is 0 Å². The molecule has 0 amide bonds. The Morgan fingerprint density at radius 3 is 3.18 bits per heavy atom. The SMILES string of the molecule is Nc1cnc(CN2CCC3(CCCNC3)C2)s1. The average molecular weight is 252 g/mol. The Kier molecular flexibility index (Phi) is 3.06. The lowest BCUT2D eigenvalue weighted by molar-refractivity contribution is 0.199. The van der Waals surface area contributed by atoms with Gasteiger partial charge in [-0.15, -0.1) is 11.3 Å². The van der Waals surface area contributed by atoms with E-state index in [-0.39, 0.29) is 0 Å². The summed E-state index contributed by atoms with van der Waals surface area (Å²) in [5.41, 5.74) is 6.26. The number of thiazole rings is 1. The Morgan fingerprint density at radius 1 is 1.53 bits per heavy atom. The first-order chi connectivity index (χ1) is 8.26. The van der Waals surface area contributed by atoms with Gasteiger partial charge in [0.25, 0.3) is 0 Å². The molecule has 2 saturated heterocycles. The Hall–Kier alpha value is -0.650. The second kappa shape index (κ2) is 4.55. The fourth-order valence-corrected chi connectivity index (χ4v) is 3.86. The van der Waals surface area contributed by atoms with Crippen molar-refractivity contribution >= 4 is 16.3 Å². The minimum atomic E-state index is 0.543. The van der Waals surface area contributed by atoms with E-state index in [1.165, 1.54) is 45.4 Å². The zero-order chi connectivity index (χ0) is 11.7. The summed E-state index contributed by atoms with van der Waals surface area (Å²) in [6, 6.07) is 0. The number of nitrogens with one attached hydrogen (secondary N) is 1. The van der Waals surface area contributed by atoms with E-state index in [0.29, 0.717) is 5.41 Å². The molecule has 5 heteroatoms. The highest BCUT2D eigenvalue weighted by Crippen LogP contribution is 2.37. The molecule has 0 bridgehead atoms. The third-order valence-electron chi connectivity index (χ3n) is 4.01. The molecule has 1 aromatic heterocycles. The van der Waals surface area contributed by atoms with Crippen LogP contribution in [0.4, 0.5) is 5.00 Å². The van der Waals surface area contributed by atoms with Crippen molar-refractivity contribution in [2.24, 2.45) is 5.41 Å². The molecule has 1 aromatic rings. The van der Waals surface area contributed by atoms with Crippen LogP contribution in [0, 0.1) is 5.41 Å². The molecule has 0 aliphatic carbocycles. The third kappa shape index (κ3) is 2.46. The van der Waals surface area contributed by atoms with Gasteiger partial charge in [0.1, 0.15) is 10.0 Å². The first-order valence-corrected chi connectivity index (χ1v) is 7.21. The summed E-state index contributed by atoms with van der Waals surface area (Å²) in [7, 11) is 0. The van der Waals surface area contributed by atoms with Gasteiger partial charge in [0.05, 0.1) is 12.7 Å². The molecule has 0 aromatic carbocycles. The molecule has 3 heterocycles. The van der Waals surface area contributed by atoms with E-state index in [1.54, 1.807) is 17.5 Å². The van der Waals surface area contributed by atoms with E-state index in [2.05, 4.69) is 15.2 Å². The topological polar surface area (TPSA) is 54.2 Å². The van der Waals surface area contributed by atoms with Gasteiger partial charge in [-0.3, -0.25) is 4.90 Å². The molecule has 94 valence electrons. The first kappa shape index (κ1) is 11.4. The van der Waals surface area contributed by atoms with Crippen molar-refractivity contribution in [1.29, 1.82) is 0 Å². The molecule has 4 nitrogen and oxygen atoms in total. The Morgan fingerprint density at radius 2 is 2.47 bits per heavy atom. The third-order valence-corrected chi connectivity index (χ3v) is 4.82. The van der Waals surface area contributed by atoms with Gasteiger partial charge < -0.3 is 11.1 Å². The molecule has 1 atom stereocenters. The molecule has 2 fully saturated rings. The molecule has 1 spiro atoms. The predicted molar refractivity (Wildman–Crippen MR) is 71.0 cm³/mol. The maximum atomic E-state index is 5.72. The summed E-state index contributed by atoms with van der Waals surface area (Å²) in [6.45, 7) is 5.80. The zero-order valence-electron chi connectivity index (χ0n) is 10.1. The van der Waals surface area contributed by atoms with E-state index >= 15 is 0 Å². The normalized spacial score (nSPS) is 30.1. The molecule has 1 unspecified atom stereocenters. The quantitative estimate of drug-likeness (QED) is 0.833. The largest absolute Gasteiger partial charge is 0.389 e. The summed E-state index contributed by atoms with van der Waals surface area (Å²) in [6.07, 6.45) is 5.82. The molecule has 3 N–H and O–H groups in total. The van der Waals surface area contributed by atoms with Crippen LogP contribution in [0.5, 0.6) is 0 Å². The summed E-state index contributed by atoms with van der Waals surface area (Å²) >= 11 is 1.62. The summed E-state index contributed by atoms with van der Waals surface area (Å²) in [5, 5.41) is 5.53.